The van der Waals surface area contributed by atoms with Gasteiger partial charge in [-0.25, -0.2) is 0 Å². The highest BCUT2D eigenvalue weighted by Crippen LogP contribution is 2.23. The van der Waals surface area contributed by atoms with Gasteiger partial charge in [0.05, 0.1) is 0 Å². The molecule has 0 atom stereocenters. The Kier molecular flexibility index (Phi) is 5.77. The van der Waals surface area contributed by atoms with E-state index in [0.717, 1.165) is 22.3 Å². The zero-order chi connectivity index (χ0) is 20.9. The molecular weight excluding hydrogens is 396 g/mol. The van der Waals surface area contributed by atoms with Crippen LogP contribution >= 0.6 is 11.6 Å². The van der Waals surface area contributed by atoms with Crippen molar-refractivity contribution in [2.75, 3.05) is 0 Å². The molecule has 1 amide bonds. The van der Waals surface area contributed by atoms with Gasteiger partial charge in [-0.15, -0.1) is 0 Å². The largest absolute Gasteiger partial charge is 0.348 e. The van der Waals surface area contributed by atoms with Crippen molar-refractivity contribution in [1.29, 1.82) is 0 Å². The van der Waals surface area contributed by atoms with Crippen LogP contribution in [0.4, 0.5) is 0 Å². The van der Waals surface area contributed by atoms with E-state index in [0.29, 0.717) is 17.3 Å². The van der Waals surface area contributed by atoms with E-state index in [1.807, 2.05) is 66.7 Å². The predicted octanol–water partition coefficient (Wildman–Crippen LogP) is 5.29. The van der Waals surface area contributed by atoms with Crippen molar-refractivity contribution in [1.82, 2.24) is 10.3 Å². The summed E-state index contributed by atoms with van der Waals surface area (Å²) >= 11 is 5.86. The zero-order valence-corrected chi connectivity index (χ0v) is 16.8. The first kappa shape index (κ1) is 19.7. The topological polar surface area (TPSA) is 62.0 Å². The second kappa shape index (κ2) is 8.80. The van der Waals surface area contributed by atoms with E-state index in [1.54, 1.807) is 24.3 Å². The summed E-state index contributed by atoms with van der Waals surface area (Å²) in [4.78, 5) is 27.7. The lowest BCUT2D eigenvalue weighted by molar-refractivity contribution is 0.0949. The molecule has 0 bridgehead atoms. The zero-order valence-electron chi connectivity index (χ0n) is 16.1. The third-order valence-corrected chi connectivity index (χ3v) is 5.08. The van der Waals surface area contributed by atoms with Crippen LogP contribution in [0.2, 0.25) is 5.02 Å². The number of nitrogens with one attached hydrogen (secondary N) is 2. The Morgan fingerprint density at radius 2 is 1.40 bits per heavy atom. The van der Waals surface area contributed by atoms with Crippen molar-refractivity contribution in [3.05, 3.63) is 117 Å². The summed E-state index contributed by atoms with van der Waals surface area (Å²) in [6.07, 6.45) is 0. The van der Waals surface area contributed by atoms with Gasteiger partial charge in [-0.3, -0.25) is 9.59 Å². The molecule has 0 aliphatic rings. The molecule has 1 heterocycles. The molecule has 0 saturated heterocycles. The third kappa shape index (κ3) is 4.50. The van der Waals surface area contributed by atoms with Gasteiger partial charge in [0.1, 0.15) is 5.56 Å². The SMILES string of the molecule is O=C(NCc1ccc(Cl)cc1)c1ccc(-c2ccc(-c3ccccc3)cc2)[nH]c1=O. The summed E-state index contributed by atoms with van der Waals surface area (Å²) in [5, 5.41) is 3.39. The number of halogens is 1. The second-order valence-corrected chi connectivity index (χ2v) is 7.30. The molecule has 3 aromatic carbocycles. The minimum Gasteiger partial charge on any atom is -0.348 e. The molecule has 0 saturated carbocycles. The van der Waals surface area contributed by atoms with Gasteiger partial charge in [0.2, 0.25) is 0 Å². The average Bonchev–Trinajstić information content (AvgIpc) is 2.79. The number of hydrogen-bond donors (Lipinski definition) is 2. The molecule has 30 heavy (non-hydrogen) atoms. The summed E-state index contributed by atoms with van der Waals surface area (Å²) in [6.45, 7) is 0.318. The van der Waals surface area contributed by atoms with Gasteiger partial charge < -0.3 is 10.3 Å². The molecule has 0 fully saturated rings. The fourth-order valence-electron chi connectivity index (χ4n) is 3.17. The maximum Gasteiger partial charge on any atom is 0.261 e. The molecule has 0 aliphatic carbocycles. The van der Waals surface area contributed by atoms with Crippen LogP contribution in [-0.2, 0) is 6.54 Å². The van der Waals surface area contributed by atoms with Crippen LogP contribution in [0.15, 0.2) is 95.8 Å². The maximum absolute atomic E-state index is 12.5. The number of carbonyl (C=O) groups is 1. The van der Waals surface area contributed by atoms with Crippen molar-refractivity contribution in [3.63, 3.8) is 0 Å². The number of pyridine rings is 1. The predicted molar refractivity (Wildman–Crippen MR) is 121 cm³/mol. The highest BCUT2D eigenvalue weighted by molar-refractivity contribution is 6.30. The van der Waals surface area contributed by atoms with Gasteiger partial charge in [-0.05, 0) is 46.5 Å². The minimum absolute atomic E-state index is 0.0774. The Morgan fingerprint density at radius 1 is 0.767 bits per heavy atom. The first-order chi connectivity index (χ1) is 14.6. The summed E-state index contributed by atoms with van der Waals surface area (Å²) in [5.74, 6) is -0.419. The van der Waals surface area contributed by atoms with Gasteiger partial charge in [-0.2, -0.15) is 0 Å². The summed E-state index contributed by atoms with van der Waals surface area (Å²) in [7, 11) is 0. The van der Waals surface area contributed by atoms with E-state index in [1.165, 1.54) is 0 Å². The molecule has 0 spiro atoms. The number of rotatable bonds is 5. The fourth-order valence-corrected chi connectivity index (χ4v) is 3.30. The highest BCUT2D eigenvalue weighted by Gasteiger charge is 2.11. The van der Waals surface area contributed by atoms with Gasteiger partial charge in [-0.1, -0.05) is 78.3 Å². The van der Waals surface area contributed by atoms with Crippen LogP contribution in [0.3, 0.4) is 0 Å². The lowest BCUT2D eigenvalue weighted by Crippen LogP contribution is -2.29. The van der Waals surface area contributed by atoms with Crippen LogP contribution in [0.1, 0.15) is 15.9 Å². The first-order valence-electron chi connectivity index (χ1n) is 9.52. The quantitative estimate of drug-likeness (QED) is 0.466. The Labute approximate surface area is 179 Å². The Bertz CT molecular complexity index is 1210. The molecule has 0 unspecified atom stereocenters. The van der Waals surface area contributed by atoms with Gasteiger partial charge >= 0.3 is 0 Å². The van der Waals surface area contributed by atoms with Crippen molar-refractivity contribution < 1.29 is 4.79 Å². The molecule has 1 aromatic heterocycles. The number of carbonyl (C=O) groups excluding carboxylic acids is 1. The molecule has 4 rings (SSSR count). The van der Waals surface area contributed by atoms with Crippen molar-refractivity contribution >= 4 is 17.5 Å². The standard InChI is InChI=1S/C25H19ClN2O2/c26-21-12-6-17(7-13-21)16-27-24(29)22-14-15-23(28-25(22)30)20-10-8-19(9-11-20)18-4-2-1-3-5-18/h1-15H,16H2,(H,27,29)(H,28,30). The van der Waals surface area contributed by atoms with Crippen LogP contribution < -0.4 is 10.9 Å². The summed E-state index contributed by atoms with van der Waals surface area (Å²) in [6, 6.07) is 28.5. The molecule has 4 nitrogen and oxygen atoms in total. The van der Waals surface area contributed by atoms with Crippen LogP contribution in [0.25, 0.3) is 22.4 Å². The van der Waals surface area contributed by atoms with Crippen LogP contribution in [0, 0.1) is 0 Å². The number of hydrogen-bond acceptors (Lipinski definition) is 2. The smallest absolute Gasteiger partial charge is 0.261 e. The van der Waals surface area contributed by atoms with Crippen LogP contribution in [0.5, 0.6) is 0 Å². The highest BCUT2D eigenvalue weighted by atomic mass is 35.5. The van der Waals surface area contributed by atoms with E-state index >= 15 is 0 Å². The summed E-state index contributed by atoms with van der Waals surface area (Å²) < 4.78 is 0. The molecular formula is C25H19ClN2O2. The van der Waals surface area contributed by atoms with Gasteiger partial charge in [0, 0.05) is 17.3 Å². The van der Waals surface area contributed by atoms with Gasteiger partial charge in [0.25, 0.3) is 11.5 Å². The van der Waals surface area contributed by atoms with E-state index < -0.39 is 11.5 Å². The van der Waals surface area contributed by atoms with E-state index in [9.17, 15) is 9.59 Å². The Morgan fingerprint density at radius 3 is 2.07 bits per heavy atom. The average molecular weight is 415 g/mol. The number of aromatic nitrogens is 1. The van der Waals surface area contributed by atoms with E-state index in [2.05, 4.69) is 10.3 Å². The van der Waals surface area contributed by atoms with E-state index in [-0.39, 0.29) is 5.56 Å². The lowest BCUT2D eigenvalue weighted by Gasteiger charge is -2.07. The second-order valence-electron chi connectivity index (χ2n) is 6.87. The summed E-state index contributed by atoms with van der Waals surface area (Å²) in [5.41, 5.74) is 4.32. The first-order valence-corrected chi connectivity index (χ1v) is 9.90. The fraction of sp³-hybridized carbons (Fsp3) is 0.0400. The number of amides is 1. The van der Waals surface area contributed by atoms with E-state index in [4.69, 9.17) is 11.6 Å². The normalized spacial score (nSPS) is 10.6. The molecule has 148 valence electrons. The molecule has 2 N–H and O–H groups in total. The number of aromatic amines is 1. The Hall–Kier alpha value is -3.63. The molecule has 5 heteroatoms. The molecule has 0 radical (unpaired) electrons. The van der Waals surface area contributed by atoms with Crippen molar-refractivity contribution in [2.24, 2.45) is 0 Å². The number of benzene rings is 3. The maximum atomic E-state index is 12.5. The molecule has 0 aliphatic heterocycles. The molecule has 4 aromatic rings. The van der Waals surface area contributed by atoms with Gasteiger partial charge in [0.15, 0.2) is 0 Å². The number of H-pyrrole nitrogens is 1. The lowest BCUT2D eigenvalue weighted by atomic mass is 10.0. The van der Waals surface area contributed by atoms with Crippen molar-refractivity contribution in [3.8, 4) is 22.4 Å². The minimum atomic E-state index is -0.423. The van der Waals surface area contributed by atoms with Crippen molar-refractivity contribution in [2.45, 2.75) is 6.54 Å². The monoisotopic (exact) mass is 414 g/mol. The Balaban J connectivity index is 1.48. The van der Waals surface area contributed by atoms with Crippen LogP contribution in [-0.4, -0.2) is 10.9 Å². The third-order valence-electron chi connectivity index (χ3n) is 4.82.